The van der Waals surface area contributed by atoms with Crippen LogP contribution in [0.4, 0.5) is 5.69 Å². The van der Waals surface area contributed by atoms with Gasteiger partial charge in [-0.25, -0.2) is 8.42 Å². The van der Waals surface area contributed by atoms with Crippen molar-refractivity contribution >= 4 is 21.6 Å². The van der Waals surface area contributed by atoms with E-state index in [1.807, 2.05) is 12.1 Å². The molecule has 2 heterocycles. The second-order valence-electron chi connectivity index (χ2n) is 7.51. The summed E-state index contributed by atoms with van der Waals surface area (Å²) in [6, 6.07) is 5.57. The largest absolute Gasteiger partial charge is 0.379 e. The number of benzene rings is 1. The summed E-state index contributed by atoms with van der Waals surface area (Å²) in [7, 11) is -3.40. The molecule has 2 saturated heterocycles. The zero-order valence-corrected chi connectivity index (χ0v) is 16.3. The molecule has 1 aliphatic carbocycles. The Morgan fingerprint density at radius 1 is 1.19 bits per heavy atom. The molecule has 27 heavy (non-hydrogen) atoms. The Balaban J connectivity index is 1.41. The Bertz CT molecular complexity index is 805. The molecule has 1 amide bonds. The zero-order valence-electron chi connectivity index (χ0n) is 15.4. The second-order valence-corrected chi connectivity index (χ2v) is 9.73. The lowest BCUT2D eigenvalue weighted by Gasteiger charge is -2.28. The smallest absolute Gasteiger partial charge is 0.241 e. The van der Waals surface area contributed by atoms with E-state index < -0.39 is 21.3 Å². The first-order chi connectivity index (χ1) is 13.1. The number of carbonyl (C=O) groups is 1. The summed E-state index contributed by atoms with van der Waals surface area (Å²) in [6.07, 6.45) is 4.68. The molecular weight excluding hydrogens is 366 g/mol. The number of morpholine rings is 1. The molecular formula is C19H27N3O4S. The van der Waals surface area contributed by atoms with Crippen LogP contribution >= 0.6 is 0 Å². The van der Waals surface area contributed by atoms with Crippen molar-refractivity contribution in [3.63, 3.8) is 0 Å². The molecule has 2 atom stereocenters. The van der Waals surface area contributed by atoms with Gasteiger partial charge in [-0.2, -0.15) is 4.31 Å². The Labute approximate surface area is 160 Å². The molecule has 2 unspecified atom stereocenters. The monoisotopic (exact) mass is 393 g/mol. The van der Waals surface area contributed by atoms with Crippen molar-refractivity contribution in [2.24, 2.45) is 0 Å². The number of carbonyl (C=O) groups excluding carboxylic acids is 1. The van der Waals surface area contributed by atoms with E-state index in [-0.39, 0.29) is 5.91 Å². The minimum Gasteiger partial charge on any atom is -0.379 e. The van der Waals surface area contributed by atoms with Gasteiger partial charge in [-0.3, -0.25) is 4.79 Å². The first-order valence-electron chi connectivity index (χ1n) is 9.77. The quantitative estimate of drug-likeness (QED) is 0.794. The van der Waals surface area contributed by atoms with Crippen LogP contribution in [0.3, 0.4) is 0 Å². The number of ether oxygens (including phenoxy) is 1. The fourth-order valence-electron chi connectivity index (χ4n) is 4.26. The molecule has 0 saturated carbocycles. The van der Waals surface area contributed by atoms with Gasteiger partial charge in [0.15, 0.2) is 0 Å². The summed E-state index contributed by atoms with van der Waals surface area (Å²) >= 11 is 0. The molecule has 0 radical (unpaired) electrons. The molecule has 0 spiro atoms. The maximum absolute atomic E-state index is 12.8. The lowest BCUT2D eigenvalue weighted by atomic mass is 9.90. The van der Waals surface area contributed by atoms with Gasteiger partial charge in [-0.05, 0) is 49.3 Å². The molecule has 7 nitrogen and oxygen atoms in total. The van der Waals surface area contributed by atoms with E-state index in [2.05, 4.69) is 16.7 Å². The van der Waals surface area contributed by atoms with E-state index in [1.165, 1.54) is 21.9 Å². The number of sulfonamides is 1. The number of nitrogens with zero attached hydrogens (tertiary/aromatic N) is 1. The topological polar surface area (TPSA) is 87.7 Å². The predicted molar refractivity (Wildman–Crippen MR) is 103 cm³/mol. The van der Waals surface area contributed by atoms with Crippen LogP contribution in [0, 0.1) is 0 Å². The fraction of sp³-hybridized carbons (Fsp3) is 0.632. The van der Waals surface area contributed by atoms with E-state index in [0.717, 1.165) is 24.9 Å². The first-order valence-corrected chi connectivity index (χ1v) is 11.3. The van der Waals surface area contributed by atoms with Crippen LogP contribution in [0.2, 0.25) is 0 Å². The maximum atomic E-state index is 12.8. The molecule has 2 fully saturated rings. The number of fused-ring (bicyclic) bond motifs is 1. The number of rotatable bonds is 4. The van der Waals surface area contributed by atoms with Crippen molar-refractivity contribution in [1.29, 1.82) is 0 Å². The van der Waals surface area contributed by atoms with Crippen LogP contribution < -0.4 is 10.6 Å². The van der Waals surface area contributed by atoms with Gasteiger partial charge in [0, 0.05) is 25.3 Å². The van der Waals surface area contributed by atoms with Crippen molar-refractivity contribution in [3.05, 3.63) is 29.3 Å². The van der Waals surface area contributed by atoms with Crippen LogP contribution in [0.5, 0.6) is 0 Å². The molecule has 0 aromatic heterocycles. The molecule has 2 aliphatic heterocycles. The molecule has 8 heteroatoms. The highest BCUT2D eigenvalue weighted by molar-refractivity contribution is 7.89. The third kappa shape index (κ3) is 3.89. The highest BCUT2D eigenvalue weighted by Crippen LogP contribution is 2.28. The van der Waals surface area contributed by atoms with E-state index >= 15 is 0 Å². The van der Waals surface area contributed by atoms with Crippen LogP contribution in [0.15, 0.2) is 18.2 Å². The number of aryl methyl sites for hydroxylation is 1. The van der Waals surface area contributed by atoms with Crippen LogP contribution in [0.25, 0.3) is 0 Å². The zero-order chi connectivity index (χ0) is 18.9. The van der Waals surface area contributed by atoms with Crippen molar-refractivity contribution in [2.75, 3.05) is 38.2 Å². The van der Waals surface area contributed by atoms with Gasteiger partial charge >= 0.3 is 0 Å². The second kappa shape index (κ2) is 7.87. The third-order valence-electron chi connectivity index (χ3n) is 5.81. The summed E-state index contributed by atoms with van der Waals surface area (Å²) in [5.74, 6) is -0.145. The van der Waals surface area contributed by atoms with Crippen LogP contribution in [-0.4, -0.2) is 62.8 Å². The number of nitrogens with one attached hydrogen (secondary N) is 2. The average Bonchev–Trinajstić information content (AvgIpc) is 3.20. The molecule has 3 aliphatic rings. The van der Waals surface area contributed by atoms with Gasteiger partial charge in [-0.1, -0.05) is 12.1 Å². The molecule has 4 rings (SSSR count). The van der Waals surface area contributed by atoms with Gasteiger partial charge in [0.05, 0.1) is 24.5 Å². The van der Waals surface area contributed by atoms with E-state index in [0.29, 0.717) is 39.3 Å². The van der Waals surface area contributed by atoms with Gasteiger partial charge in [0.25, 0.3) is 0 Å². The number of hydrogen-bond donors (Lipinski definition) is 2. The molecule has 1 aromatic carbocycles. The lowest BCUT2D eigenvalue weighted by molar-refractivity contribution is -0.117. The highest BCUT2D eigenvalue weighted by Gasteiger charge is 2.40. The summed E-state index contributed by atoms with van der Waals surface area (Å²) in [4.78, 5) is 12.7. The Morgan fingerprint density at radius 2 is 1.96 bits per heavy atom. The maximum Gasteiger partial charge on any atom is 0.241 e. The highest BCUT2D eigenvalue weighted by atomic mass is 32.2. The Hall–Kier alpha value is -1.48. The summed E-state index contributed by atoms with van der Waals surface area (Å²) < 4.78 is 32.3. The third-order valence-corrected chi connectivity index (χ3v) is 8.10. The Morgan fingerprint density at radius 3 is 2.78 bits per heavy atom. The summed E-state index contributed by atoms with van der Waals surface area (Å²) in [6.45, 7) is 1.97. The normalized spacial score (nSPS) is 26.5. The summed E-state index contributed by atoms with van der Waals surface area (Å²) in [5, 5.41) is 5.58. The number of anilines is 1. The standard InChI is InChI=1S/C19H27N3O4S/c23-19(21-17-7-3-5-14-4-1-2-6-16(14)17)18-12-15(13-20-18)27(24,25)22-8-10-26-11-9-22/h3,5,7,15,18,20H,1-2,4,6,8-13H2,(H,21,23). The minimum absolute atomic E-state index is 0.145. The van der Waals surface area contributed by atoms with Crippen molar-refractivity contribution in [1.82, 2.24) is 9.62 Å². The average molecular weight is 394 g/mol. The molecule has 1 aromatic rings. The van der Waals surface area contributed by atoms with Crippen molar-refractivity contribution < 1.29 is 17.9 Å². The van der Waals surface area contributed by atoms with E-state index in [9.17, 15) is 13.2 Å². The van der Waals surface area contributed by atoms with E-state index in [4.69, 9.17) is 4.74 Å². The summed E-state index contributed by atoms with van der Waals surface area (Å²) in [5.41, 5.74) is 3.41. The number of amides is 1. The van der Waals surface area contributed by atoms with Gasteiger partial charge in [0.2, 0.25) is 15.9 Å². The minimum atomic E-state index is -3.40. The van der Waals surface area contributed by atoms with Crippen LogP contribution in [0.1, 0.15) is 30.4 Å². The SMILES string of the molecule is O=C(Nc1cccc2c1CCCC2)C1CC(S(=O)(=O)N2CCOCC2)CN1. The van der Waals surface area contributed by atoms with Crippen LogP contribution in [-0.2, 0) is 32.4 Å². The van der Waals surface area contributed by atoms with Crippen molar-refractivity contribution in [2.45, 2.75) is 43.4 Å². The number of hydrogen-bond acceptors (Lipinski definition) is 5. The Kier molecular flexibility index (Phi) is 5.50. The van der Waals surface area contributed by atoms with Gasteiger partial charge in [-0.15, -0.1) is 0 Å². The molecule has 2 N–H and O–H groups in total. The lowest BCUT2D eigenvalue weighted by Crippen LogP contribution is -2.45. The molecule has 0 bridgehead atoms. The fourth-order valence-corrected chi connectivity index (χ4v) is 6.08. The molecule has 148 valence electrons. The predicted octanol–water partition coefficient (Wildman–Crippen LogP) is 0.896. The first kappa shape index (κ1) is 18.9. The van der Waals surface area contributed by atoms with Gasteiger partial charge < -0.3 is 15.4 Å². The van der Waals surface area contributed by atoms with Crippen molar-refractivity contribution in [3.8, 4) is 0 Å². The van der Waals surface area contributed by atoms with Gasteiger partial charge in [0.1, 0.15) is 0 Å². The van der Waals surface area contributed by atoms with E-state index in [1.54, 1.807) is 0 Å².